The van der Waals surface area contributed by atoms with Crippen LogP contribution in [-0.2, 0) is 16.5 Å². The highest BCUT2D eigenvalue weighted by molar-refractivity contribution is 5.97. The number of aromatic nitrogens is 2. The van der Waals surface area contributed by atoms with Gasteiger partial charge >= 0.3 is 6.18 Å². The van der Waals surface area contributed by atoms with Crippen molar-refractivity contribution in [2.24, 2.45) is 7.05 Å². The van der Waals surface area contributed by atoms with Crippen LogP contribution in [-0.4, -0.2) is 72.6 Å². The van der Waals surface area contributed by atoms with Gasteiger partial charge in [0.05, 0.1) is 30.8 Å². The van der Waals surface area contributed by atoms with Gasteiger partial charge in [-0.25, -0.2) is 4.98 Å². The summed E-state index contributed by atoms with van der Waals surface area (Å²) in [5, 5.41) is 3.13. The zero-order valence-electron chi connectivity index (χ0n) is 15.0. The van der Waals surface area contributed by atoms with Gasteiger partial charge in [-0.1, -0.05) is 0 Å². The van der Waals surface area contributed by atoms with Crippen LogP contribution in [0.25, 0.3) is 11.0 Å². The van der Waals surface area contributed by atoms with Crippen molar-refractivity contribution in [3.8, 4) is 0 Å². The molecule has 1 amide bonds. The van der Waals surface area contributed by atoms with Gasteiger partial charge in [0.1, 0.15) is 0 Å². The van der Waals surface area contributed by atoms with Gasteiger partial charge in [0, 0.05) is 32.8 Å². The second kappa shape index (κ2) is 7.73. The summed E-state index contributed by atoms with van der Waals surface area (Å²) in [5.41, 5.74) is 1.69. The average Bonchev–Trinajstić information content (AvgIpc) is 2.96. The smallest absolute Gasteiger partial charge is 0.383 e. The van der Waals surface area contributed by atoms with Crippen LogP contribution in [0.4, 0.5) is 19.1 Å². The number of carbonyl (C=O) groups is 1. The van der Waals surface area contributed by atoms with Crippen molar-refractivity contribution in [1.82, 2.24) is 14.5 Å². The average molecular weight is 386 g/mol. The van der Waals surface area contributed by atoms with Crippen LogP contribution in [0.3, 0.4) is 0 Å². The summed E-state index contributed by atoms with van der Waals surface area (Å²) in [5.74, 6) is 0.157. The minimum absolute atomic E-state index is 0.121. The molecule has 1 aromatic heterocycles. The summed E-state index contributed by atoms with van der Waals surface area (Å²) in [6, 6.07) is 4.93. The number of alkyl halides is 3. The van der Waals surface area contributed by atoms with Crippen LogP contribution >= 0.6 is 0 Å². The number of hydrogen-bond donors (Lipinski definition) is 1. The van der Waals surface area contributed by atoms with Gasteiger partial charge in [-0.15, -0.1) is 0 Å². The fourth-order valence-corrected chi connectivity index (χ4v) is 2.97. The van der Waals surface area contributed by atoms with Crippen molar-refractivity contribution < 1.29 is 27.4 Å². The van der Waals surface area contributed by atoms with Crippen molar-refractivity contribution >= 4 is 22.9 Å². The fourth-order valence-electron chi connectivity index (χ4n) is 2.97. The Morgan fingerprint density at radius 1 is 1.44 bits per heavy atom. The lowest BCUT2D eigenvalue weighted by Crippen LogP contribution is -2.51. The van der Waals surface area contributed by atoms with Gasteiger partial charge in [0.25, 0.3) is 5.91 Å². The number of anilines is 1. The van der Waals surface area contributed by atoms with Gasteiger partial charge in [0.15, 0.2) is 6.10 Å². The fraction of sp³-hybridized carbons (Fsp3) is 0.529. The molecule has 0 spiro atoms. The number of rotatable bonds is 5. The molecular formula is C17H21F3N4O3. The number of aryl methyl sites for hydroxylation is 1. The van der Waals surface area contributed by atoms with Gasteiger partial charge < -0.3 is 24.3 Å². The Hall–Kier alpha value is -2.33. The number of imidazole rings is 1. The molecule has 148 valence electrons. The first-order valence-electron chi connectivity index (χ1n) is 8.48. The van der Waals surface area contributed by atoms with E-state index in [1.165, 1.54) is 4.90 Å². The van der Waals surface area contributed by atoms with Crippen molar-refractivity contribution in [1.29, 1.82) is 0 Å². The Kier molecular flexibility index (Phi) is 5.56. The number of hydrogen-bond acceptors (Lipinski definition) is 5. The molecule has 1 N–H and O–H groups in total. The van der Waals surface area contributed by atoms with Crippen LogP contribution in [0.2, 0.25) is 0 Å². The molecule has 1 aliphatic heterocycles. The summed E-state index contributed by atoms with van der Waals surface area (Å²) < 4.78 is 50.2. The summed E-state index contributed by atoms with van der Waals surface area (Å²) in [6.45, 7) is 0.563. The normalized spacial score (nSPS) is 18.1. The number of ether oxygens (including phenoxy) is 2. The SMILES string of the molecule is COCCNc1nc2cc(C(=O)N3CCO[C@H](C(F)(F)F)C3)ccc2n1C. The van der Waals surface area contributed by atoms with Crippen LogP contribution < -0.4 is 5.32 Å². The van der Waals surface area contributed by atoms with Crippen molar-refractivity contribution in [3.05, 3.63) is 23.8 Å². The third kappa shape index (κ3) is 4.16. The van der Waals surface area contributed by atoms with Crippen LogP contribution in [0, 0.1) is 0 Å². The van der Waals surface area contributed by atoms with Crippen LogP contribution in [0.5, 0.6) is 0 Å². The first-order chi connectivity index (χ1) is 12.8. The Bertz CT molecular complexity index is 822. The molecule has 1 aromatic carbocycles. The number of morpholine rings is 1. The number of fused-ring (bicyclic) bond motifs is 1. The Balaban J connectivity index is 1.79. The number of nitrogens with zero attached hydrogens (tertiary/aromatic N) is 3. The highest BCUT2D eigenvalue weighted by Crippen LogP contribution is 2.27. The minimum atomic E-state index is -4.49. The van der Waals surface area contributed by atoms with Crippen molar-refractivity contribution in [2.75, 3.05) is 45.3 Å². The van der Waals surface area contributed by atoms with E-state index < -0.39 is 24.7 Å². The predicted octanol–water partition coefficient (Wildman–Crippen LogP) is 2.03. The molecule has 1 saturated heterocycles. The maximum Gasteiger partial charge on any atom is 0.416 e. The first-order valence-corrected chi connectivity index (χ1v) is 8.48. The molecular weight excluding hydrogens is 365 g/mol. The summed E-state index contributed by atoms with van der Waals surface area (Å²) in [4.78, 5) is 18.3. The van der Waals surface area contributed by atoms with E-state index in [0.29, 0.717) is 30.2 Å². The number of amides is 1. The lowest BCUT2D eigenvalue weighted by Gasteiger charge is -2.33. The molecule has 1 fully saturated rings. The van der Waals surface area contributed by atoms with E-state index in [-0.39, 0.29) is 13.2 Å². The van der Waals surface area contributed by atoms with E-state index in [0.717, 1.165) is 5.52 Å². The molecule has 7 nitrogen and oxygen atoms in total. The number of carbonyl (C=O) groups excluding carboxylic acids is 1. The second-order valence-corrected chi connectivity index (χ2v) is 6.27. The molecule has 0 radical (unpaired) electrons. The summed E-state index contributed by atoms with van der Waals surface area (Å²) in [6.07, 6.45) is -6.45. The third-order valence-electron chi connectivity index (χ3n) is 4.44. The van der Waals surface area contributed by atoms with Gasteiger partial charge in [-0.3, -0.25) is 4.79 Å². The Morgan fingerprint density at radius 2 is 2.22 bits per heavy atom. The monoisotopic (exact) mass is 386 g/mol. The quantitative estimate of drug-likeness (QED) is 0.797. The molecule has 0 aliphatic carbocycles. The predicted molar refractivity (Wildman–Crippen MR) is 92.8 cm³/mol. The number of halogens is 3. The molecule has 1 atom stereocenters. The van der Waals surface area contributed by atoms with Gasteiger partial charge in [0.2, 0.25) is 5.95 Å². The number of nitrogens with one attached hydrogen (secondary N) is 1. The topological polar surface area (TPSA) is 68.6 Å². The second-order valence-electron chi connectivity index (χ2n) is 6.27. The minimum Gasteiger partial charge on any atom is -0.383 e. The van der Waals surface area contributed by atoms with E-state index in [9.17, 15) is 18.0 Å². The molecule has 0 saturated carbocycles. The van der Waals surface area contributed by atoms with Crippen LogP contribution in [0.15, 0.2) is 18.2 Å². The van der Waals surface area contributed by atoms with Crippen LogP contribution in [0.1, 0.15) is 10.4 Å². The Labute approximate surface area is 154 Å². The van der Waals surface area contributed by atoms with E-state index >= 15 is 0 Å². The zero-order valence-corrected chi connectivity index (χ0v) is 15.0. The largest absolute Gasteiger partial charge is 0.416 e. The van der Waals surface area contributed by atoms with E-state index in [1.807, 2.05) is 11.6 Å². The number of methoxy groups -OCH3 is 1. The molecule has 10 heteroatoms. The molecule has 0 bridgehead atoms. The van der Waals surface area contributed by atoms with E-state index in [4.69, 9.17) is 9.47 Å². The zero-order chi connectivity index (χ0) is 19.6. The van der Waals surface area contributed by atoms with Gasteiger partial charge in [-0.2, -0.15) is 13.2 Å². The first kappa shape index (κ1) is 19.4. The van der Waals surface area contributed by atoms with Crippen molar-refractivity contribution in [2.45, 2.75) is 12.3 Å². The summed E-state index contributed by atoms with van der Waals surface area (Å²) in [7, 11) is 3.44. The van der Waals surface area contributed by atoms with E-state index in [2.05, 4.69) is 10.3 Å². The van der Waals surface area contributed by atoms with Crippen molar-refractivity contribution in [3.63, 3.8) is 0 Å². The van der Waals surface area contributed by atoms with E-state index in [1.54, 1.807) is 25.3 Å². The maximum absolute atomic E-state index is 12.9. The lowest BCUT2D eigenvalue weighted by atomic mass is 10.1. The molecule has 2 heterocycles. The summed E-state index contributed by atoms with van der Waals surface area (Å²) >= 11 is 0. The van der Waals surface area contributed by atoms with Gasteiger partial charge in [-0.05, 0) is 18.2 Å². The standard InChI is InChI=1S/C17H21F3N4O3/c1-23-13-4-3-11(9-12(13)22-16(23)21-5-7-26-2)15(25)24-6-8-27-14(10-24)17(18,19)20/h3-4,9,14H,5-8,10H2,1-2H3,(H,21,22)/t14-/m0/s1. The maximum atomic E-state index is 12.9. The highest BCUT2D eigenvalue weighted by atomic mass is 19.4. The lowest BCUT2D eigenvalue weighted by molar-refractivity contribution is -0.233. The number of benzene rings is 1. The molecule has 2 aromatic rings. The molecule has 1 aliphatic rings. The molecule has 0 unspecified atom stereocenters. The molecule has 27 heavy (non-hydrogen) atoms. The molecule has 3 rings (SSSR count). The Morgan fingerprint density at radius 3 is 2.93 bits per heavy atom. The third-order valence-corrected chi connectivity index (χ3v) is 4.44. The highest BCUT2D eigenvalue weighted by Gasteiger charge is 2.44.